The molecule has 4 nitrogen and oxygen atoms in total. The van der Waals surface area contributed by atoms with Crippen LogP contribution in [0.4, 0.5) is 13.2 Å². The smallest absolute Gasteiger partial charge is 0.400 e. The molecule has 1 aromatic rings. The van der Waals surface area contributed by atoms with Crippen LogP contribution in [0.1, 0.15) is 0 Å². The van der Waals surface area contributed by atoms with Crippen LogP contribution in [0.2, 0.25) is 0 Å². The predicted octanol–water partition coefficient (Wildman–Crippen LogP) is 2.29. The Morgan fingerprint density at radius 2 is 2.00 bits per heavy atom. The summed E-state index contributed by atoms with van der Waals surface area (Å²) >= 11 is 1.54. The number of nitrogens with zero attached hydrogens (tertiary/aromatic N) is 1. The SMILES string of the molecule is N/C(=N/O)C(CNCCSc1ccccc1)C(F)(F)F. The first-order valence-electron chi connectivity index (χ1n) is 5.88. The Bertz CT molecular complexity index is 426. The van der Waals surface area contributed by atoms with Gasteiger partial charge in [-0.15, -0.1) is 11.8 Å². The molecule has 8 heteroatoms. The fraction of sp³-hybridized carbons (Fsp3) is 0.417. The molecular formula is C12H16F3N3OS. The molecule has 0 fully saturated rings. The van der Waals surface area contributed by atoms with Crippen molar-refractivity contribution in [2.24, 2.45) is 16.8 Å². The first-order chi connectivity index (χ1) is 9.45. The molecular weight excluding hydrogens is 291 g/mol. The number of nitrogens with two attached hydrogens (primary N) is 1. The van der Waals surface area contributed by atoms with E-state index in [1.54, 1.807) is 0 Å². The Morgan fingerprint density at radius 1 is 1.35 bits per heavy atom. The molecule has 1 unspecified atom stereocenters. The largest absolute Gasteiger partial charge is 0.409 e. The number of amidine groups is 1. The van der Waals surface area contributed by atoms with Crippen LogP contribution in [0.3, 0.4) is 0 Å². The Balaban J connectivity index is 2.31. The molecule has 4 N–H and O–H groups in total. The number of alkyl halides is 3. The number of rotatable bonds is 7. The van der Waals surface area contributed by atoms with Gasteiger partial charge in [-0.2, -0.15) is 13.2 Å². The highest BCUT2D eigenvalue weighted by Gasteiger charge is 2.42. The molecule has 0 radical (unpaired) electrons. The minimum atomic E-state index is -4.53. The van der Waals surface area contributed by atoms with Gasteiger partial charge in [0.05, 0.1) is 0 Å². The highest BCUT2D eigenvalue weighted by atomic mass is 32.2. The van der Waals surface area contributed by atoms with Gasteiger partial charge >= 0.3 is 6.18 Å². The van der Waals surface area contributed by atoms with E-state index in [1.165, 1.54) is 11.8 Å². The molecule has 0 saturated heterocycles. The Labute approximate surface area is 119 Å². The Hall–Kier alpha value is -1.41. The van der Waals surface area contributed by atoms with Gasteiger partial charge in [0, 0.05) is 23.7 Å². The van der Waals surface area contributed by atoms with Crippen LogP contribution in [-0.2, 0) is 0 Å². The zero-order valence-electron chi connectivity index (χ0n) is 10.6. The lowest BCUT2D eigenvalue weighted by Crippen LogP contribution is -2.43. The zero-order valence-corrected chi connectivity index (χ0v) is 11.4. The monoisotopic (exact) mass is 307 g/mol. The van der Waals surface area contributed by atoms with Gasteiger partial charge in [0.2, 0.25) is 0 Å². The second-order valence-electron chi connectivity index (χ2n) is 3.98. The lowest BCUT2D eigenvalue weighted by molar-refractivity contribution is -0.154. The molecule has 112 valence electrons. The van der Waals surface area contributed by atoms with Crippen molar-refractivity contribution in [1.82, 2.24) is 5.32 Å². The van der Waals surface area contributed by atoms with Crippen LogP contribution < -0.4 is 11.1 Å². The molecule has 1 rings (SSSR count). The van der Waals surface area contributed by atoms with Gasteiger partial charge in [-0.1, -0.05) is 23.4 Å². The summed E-state index contributed by atoms with van der Waals surface area (Å²) in [7, 11) is 0. The fourth-order valence-electron chi connectivity index (χ4n) is 1.46. The molecule has 1 aromatic carbocycles. The normalized spacial score (nSPS) is 14.2. The molecule has 0 spiro atoms. The summed E-state index contributed by atoms with van der Waals surface area (Å²) < 4.78 is 37.8. The van der Waals surface area contributed by atoms with Crippen molar-refractivity contribution in [2.75, 3.05) is 18.8 Å². The fourth-order valence-corrected chi connectivity index (χ4v) is 2.29. The molecule has 0 aromatic heterocycles. The number of nitrogens with one attached hydrogen (secondary N) is 1. The van der Waals surface area contributed by atoms with E-state index in [-0.39, 0.29) is 0 Å². The minimum absolute atomic E-state index is 0.394. The molecule has 0 aliphatic carbocycles. The van der Waals surface area contributed by atoms with Crippen LogP contribution in [0, 0.1) is 5.92 Å². The van der Waals surface area contributed by atoms with Gasteiger partial charge in [-0.3, -0.25) is 0 Å². The number of benzene rings is 1. The number of hydrogen-bond acceptors (Lipinski definition) is 4. The highest BCUT2D eigenvalue weighted by Crippen LogP contribution is 2.25. The van der Waals surface area contributed by atoms with Gasteiger partial charge < -0.3 is 16.3 Å². The standard InChI is InChI=1S/C12H16F3N3OS/c13-12(14,15)10(11(16)18-19)8-17-6-7-20-9-4-2-1-3-5-9/h1-5,10,17,19H,6-8H2,(H2,16,18). The average Bonchev–Trinajstić information content (AvgIpc) is 2.41. The Kier molecular flexibility index (Phi) is 6.66. The Morgan fingerprint density at radius 3 is 2.55 bits per heavy atom. The molecule has 0 heterocycles. The average molecular weight is 307 g/mol. The van der Waals surface area contributed by atoms with E-state index in [0.29, 0.717) is 12.3 Å². The topological polar surface area (TPSA) is 70.6 Å². The van der Waals surface area contributed by atoms with Gasteiger partial charge in [0.1, 0.15) is 5.92 Å². The van der Waals surface area contributed by atoms with Crippen LogP contribution >= 0.6 is 11.8 Å². The third-order valence-electron chi connectivity index (χ3n) is 2.51. The molecule has 0 aliphatic heterocycles. The lowest BCUT2D eigenvalue weighted by atomic mass is 10.1. The van der Waals surface area contributed by atoms with Crippen LogP contribution in [0.15, 0.2) is 40.4 Å². The molecule has 1 atom stereocenters. The summed E-state index contributed by atoms with van der Waals surface area (Å²) in [4.78, 5) is 1.05. The summed E-state index contributed by atoms with van der Waals surface area (Å²) in [5, 5.41) is 13.4. The van der Waals surface area contributed by atoms with E-state index in [4.69, 9.17) is 10.9 Å². The van der Waals surface area contributed by atoms with Crippen molar-refractivity contribution in [3.8, 4) is 0 Å². The summed E-state index contributed by atoms with van der Waals surface area (Å²) in [6.45, 7) is -0.0143. The first kappa shape index (κ1) is 16.6. The molecule has 0 aliphatic rings. The second-order valence-corrected chi connectivity index (χ2v) is 5.15. The number of oxime groups is 1. The minimum Gasteiger partial charge on any atom is -0.409 e. The highest BCUT2D eigenvalue weighted by molar-refractivity contribution is 7.99. The quantitative estimate of drug-likeness (QED) is 0.180. The number of thioether (sulfide) groups is 1. The van der Waals surface area contributed by atoms with E-state index in [0.717, 1.165) is 4.90 Å². The maximum absolute atomic E-state index is 12.6. The maximum Gasteiger partial charge on any atom is 0.400 e. The van der Waals surface area contributed by atoms with Gasteiger partial charge in [0.25, 0.3) is 0 Å². The van der Waals surface area contributed by atoms with E-state index in [9.17, 15) is 13.2 Å². The van der Waals surface area contributed by atoms with Gasteiger partial charge in [0.15, 0.2) is 5.84 Å². The van der Waals surface area contributed by atoms with Crippen LogP contribution in [0.5, 0.6) is 0 Å². The van der Waals surface area contributed by atoms with Crippen molar-refractivity contribution >= 4 is 17.6 Å². The van der Waals surface area contributed by atoms with Gasteiger partial charge in [-0.05, 0) is 12.1 Å². The zero-order chi connectivity index (χ0) is 15.0. The summed E-state index contributed by atoms with van der Waals surface area (Å²) in [5.41, 5.74) is 5.04. The lowest BCUT2D eigenvalue weighted by Gasteiger charge is -2.19. The van der Waals surface area contributed by atoms with E-state index >= 15 is 0 Å². The first-order valence-corrected chi connectivity index (χ1v) is 6.86. The van der Waals surface area contributed by atoms with Crippen molar-refractivity contribution in [2.45, 2.75) is 11.1 Å². The molecule has 20 heavy (non-hydrogen) atoms. The van der Waals surface area contributed by atoms with E-state index in [1.807, 2.05) is 30.3 Å². The van der Waals surface area contributed by atoms with E-state index in [2.05, 4.69) is 10.5 Å². The van der Waals surface area contributed by atoms with Crippen LogP contribution in [-0.4, -0.2) is 36.1 Å². The van der Waals surface area contributed by atoms with Crippen molar-refractivity contribution in [3.05, 3.63) is 30.3 Å². The van der Waals surface area contributed by atoms with Crippen LogP contribution in [0.25, 0.3) is 0 Å². The third kappa shape index (κ3) is 5.70. The summed E-state index contributed by atoms with van der Waals surface area (Å²) in [5.74, 6) is -2.18. The van der Waals surface area contributed by atoms with Crippen molar-refractivity contribution < 1.29 is 18.4 Å². The maximum atomic E-state index is 12.6. The third-order valence-corrected chi connectivity index (χ3v) is 3.52. The van der Waals surface area contributed by atoms with Crippen molar-refractivity contribution in [3.63, 3.8) is 0 Å². The predicted molar refractivity (Wildman–Crippen MR) is 73.0 cm³/mol. The van der Waals surface area contributed by atoms with Crippen molar-refractivity contribution in [1.29, 1.82) is 0 Å². The summed E-state index contributed by atoms with van der Waals surface area (Å²) in [6.07, 6.45) is -4.53. The number of halogens is 3. The van der Waals surface area contributed by atoms with Gasteiger partial charge in [-0.25, -0.2) is 0 Å². The second kappa shape index (κ2) is 8.01. The number of hydrogen-bond donors (Lipinski definition) is 3. The summed E-state index contributed by atoms with van der Waals surface area (Å²) in [6, 6.07) is 9.55. The molecule has 0 bridgehead atoms. The molecule has 0 saturated carbocycles. The molecule has 0 amide bonds. The van der Waals surface area contributed by atoms with E-state index < -0.39 is 24.5 Å².